The van der Waals surface area contributed by atoms with Gasteiger partial charge in [0.05, 0.1) is 0 Å². The maximum absolute atomic E-state index is 4.41. The highest BCUT2D eigenvalue weighted by atomic mass is 15.2. The van der Waals surface area contributed by atoms with Crippen LogP contribution in [0.15, 0.2) is 12.3 Å². The van der Waals surface area contributed by atoms with Crippen LogP contribution in [0.3, 0.4) is 0 Å². The predicted molar refractivity (Wildman–Crippen MR) is 57.6 cm³/mol. The molecule has 1 saturated heterocycles. The van der Waals surface area contributed by atoms with E-state index in [9.17, 15) is 0 Å². The zero-order chi connectivity index (χ0) is 9.97. The van der Waals surface area contributed by atoms with Crippen molar-refractivity contribution in [1.82, 2.24) is 9.97 Å². The number of hydrogen-bond acceptors (Lipinski definition) is 4. The van der Waals surface area contributed by atoms with Crippen LogP contribution in [0, 0.1) is 5.92 Å². The topological polar surface area (TPSA) is 41.1 Å². The van der Waals surface area contributed by atoms with Gasteiger partial charge >= 0.3 is 0 Å². The molecule has 1 fully saturated rings. The zero-order valence-corrected chi connectivity index (χ0v) is 8.70. The molecule has 1 aromatic rings. The van der Waals surface area contributed by atoms with Crippen molar-refractivity contribution in [2.24, 2.45) is 5.92 Å². The number of rotatable bonds is 2. The third-order valence-corrected chi connectivity index (χ3v) is 2.61. The van der Waals surface area contributed by atoms with Gasteiger partial charge in [-0.05, 0) is 18.4 Å². The third-order valence-electron chi connectivity index (χ3n) is 2.61. The molecule has 1 unspecified atom stereocenters. The first-order valence-electron chi connectivity index (χ1n) is 5.05. The second kappa shape index (κ2) is 3.82. The van der Waals surface area contributed by atoms with E-state index in [4.69, 9.17) is 0 Å². The normalized spacial score (nSPS) is 21.3. The largest absolute Gasteiger partial charge is 0.357 e. The van der Waals surface area contributed by atoms with Crippen molar-refractivity contribution >= 4 is 11.8 Å². The lowest BCUT2D eigenvalue weighted by Gasteiger charge is -2.16. The Morgan fingerprint density at radius 3 is 3.07 bits per heavy atom. The Kier molecular flexibility index (Phi) is 2.52. The van der Waals surface area contributed by atoms with Crippen molar-refractivity contribution < 1.29 is 0 Å². The molecule has 4 heteroatoms. The van der Waals surface area contributed by atoms with E-state index in [2.05, 4.69) is 27.1 Å². The van der Waals surface area contributed by atoms with Crippen molar-refractivity contribution in [2.75, 3.05) is 30.4 Å². The van der Waals surface area contributed by atoms with E-state index in [0.29, 0.717) is 5.95 Å². The fourth-order valence-electron chi connectivity index (χ4n) is 1.79. The molecular formula is C10H16N4. The molecule has 0 radical (unpaired) electrons. The summed E-state index contributed by atoms with van der Waals surface area (Å²) < 4.78 is 0. The molecule has 4 nitrogen and oxygen atoms in total. The first kappa shape index (κ1) is 9.24. The summed E-state index contributed by atoms with van der Waals surface area (Å²) in [6.45, 7) is 4.50. The summed E-state index contributed by atoms with van der Waals surface area (Å²) in [4.78, 5) is 10.8. The molecule has 1 aliphatic heterocycles. The van der Waals surface area contributed by atoms with Gasteiger partial charge in [0.1, 0.15) is 5.82 Å². The van der Waals surface area contributed by atoms with Crippen LogP contribution in [0.4, 0.5) is 11.8 Å². The van der Waals surface area contributed by atoms with Crippen LogP contribution in [0.5, 0.6) is 0 Å². The van der Waals surface area contributed by atoms with Crippen LogP contribution in [0.25, 0.3) is 0 Å². The van der Waals surface area contributed by atoms with Crippen molar-refractivity contribution in [1.29, 1.82) is 0 Å². The second-order valence-corrected chi connectivity index (χ2v) is 3.83. The highest BCUT2D eigenvalue weighted by molar-refractivity contribution is 5.43. The molecule has 0 saturated carbocycles. The zero-order valence-electron chi connectivity index (χ0n) is 8.70. The van der Waals surface area contributed by atoms with Gasteiger partial charge in [-0.3, -0.25) is 0 Å². The summed E-state index contributed by atoms with van der Waals surface area (Å²) in [5.41, 5.74) is 0. The van der Waals surface area contributed by atoms with Crippen LogP contribution >= 0.6 is 0 Å². The first-order valence-corrected chi connectivity index (χ1v) is 5.05. The summed E-state index contributed by atoms with van der Waals surface area (Å²) in [5.74, 6) is 2.51. The molecule has 0 bridgehead atoms. The highest BCUT2D eigenvalue weighted by Gasteiger charge is 2.19. The van der Waals surface area contributed by atoms with Gasteiger partial charge in [0.25, 0.3) is 0 Å². The van der Waals surface area contributed by atoms with Gasteiger partial charge in [-0.1, -0.05) is 6.92 Å². The van der Waals surface area contributed by atoms with Crippen molar-refractivity contribution in [2.45, 2.75) is 13.3 Å². The van der Waals surface area contributed by atoms with Crippen LogP contribution in [0.1, 0.15) is 13.3 Å². The number of anilines is 2. The number of nitrogens with one attached hydrogen (secondary N) is 1. The third kappa shape index (κ3) is 1.78. The van der Waals surface area contributed by atoms with E-state index in [-0.39, 0.29) is 0 Å². The minimum absolute atomic E-state index is 0.696. The van der Waals surface area contributed by atoms with E-state index >= 15 is 0 Å². The van der Waals surface area contributed by atoms with E-state index < -0.39 is 0 Å². The van der Waals surface area contributed by atoms with Crippen LogP contribution < -0.4 is 10.2 Å². The fraction of sp³-hybridized carbons (Fsp3) is 0.600. The fourth-order valence-corrected chi connectivity index (χ4v) is 1.79. The molecule has 2 heterocycles. The summed E-state index contributed by atoms with van der Waals surface area (Å²) in [7, 11) is 1.84. The van der Waals surface area contributed by atoms with Crippen molar-refractivity contribution in [3.05, 3.63) is 12.3 Å². The molecule has 0 amide bonds. The van der Waals surface area contributed by atoms with Gasteiger partial charge < -0.3 is 10.2 Å². The molecule has 0 aliphatic carbocycles. The first-order chi connectivity index (χ1) is 6.79. The van der Waals surface area contributed by atoms with Crippen LogP contribution in [-0.4, -0.2) is 30.1 Å². The van der Waals surface area contributed by atoms with E-state index in [1.165, 1.54) is 6.42 Å². The van der Waals surface area contributed by atoms with Gasteiger partial charge in [-0.25, -0.2) is 4.98 Å². The summed E-state index contributed by atoms with van der Waals surface area (Å²) >= 11 is 0. The van der Waals surface area contributed by atoms with E-state index in [1.807, 2.05) is 13.1 Å². The maximum Gasteiger partial charge on any atom is 0.224 e. The SMILES string of the molecule is CNc1nccc(N2CCC(C)C2)n1. The standard InChI is InChI=1S/C10H16N4/c1-8-4-6-14(7-8)9-3-5-12-10(11-2)13-9/h3,5,8H,4,6-7H2,1-2H3,(H,11,12,13). The predicted octanol–water partition coefficient (Wildman–Crippen LogP) is 1.36. The molecule has 2 rings (SSSR count). The molecule has 0 aromatic carbocycles. The summed E-state index contributed by atoms with van der Waals surface area (Å²) in [6.07, 6.45) is 3.07. The number of hydrogen-bond donors (Lipinski definition) is 1. The smallest absolute Gasteiger partial charge is 0.224 e. The van der Waals surface area contributed by atoms with Gasteiger partial charge in [0.15, 0.2) is 0 Å². The molecule has 14 heavy (non-hydrogen) atoms. The minimum atomic E-state index is 0.696. The number of aromatic nitrogens is 2. The summed E-state index contributed by atoms with van der Waals surface area (Å²) in [5, 5.41) is 2.95. The van der Waals surface area contributed by atoms with Gasteiger partial charge in [-0.2, -0.15) is 4.98 Å². The van der Waals surface area contributed by atoms with Gasteiger partial charge in [0.2, 0.25) is 5.95 Å². The number of nitrogens with zero attached hydrogens (tertiary/aromatic N) is 3. The molecule has 1 aromatic heterocycles. The Balaban J connectivity index is 2.15. The Bertz CT molecular complexity index is 313. The van der Waals surface area contributed by atoms with Crippen molar-refractivity contribution in [3.63, 3.8) is 0 Å². The quantitative estimate of drug-likeness (QED) is 0.768. The minimum Gasteiger partial charge on any atom is -0.357 e. The maximum atomic E-state index is 4.41. The molecule has 1 N–H and O–H groups in total. The van der Waals surface area contributed by atoms with E-state index in [0.717, 1.165) is 24.8 Å². The molecule has 0 spiro atoms. The monoisotopic (exact) mass is 192 g/mol. The molecule has 1 atom stereocenters. The highest BCUT2D eigenvalue weighted by Crippen LogP contribution is 2.21. The van der Waals surface area contributed by atoms with Gasteiger partial charge in [0, 0.05) is 26.3 Å². The average Bonchev–Trinajstić information content (AvgIpc) is 2.65. The molecule has 1 aliphatic rings. The van der Waals surface area contributed by atoms with Crippen molar-refractivity contribution in [3.8, 4) is 0 Å². The van der Waals surface area contributed by atoms with Gasteiger partial charge in [-0.15, -0.1) is 0 Å². The summed E-state index contributed by atoms with van der Waals surface area (Å²) in [6, 6.07) is 1.97. The lowest BCUT2D eigenvalue weighted by atomic mass is 10.2. The average molecular weight is 192 g/mol. The lowest BCUT2D eigenvalue weighted by molar-refractivity contribution is 0.659. The lowest BCUT2D eigenvalue weighted by Crippen LogP contribution is -2.20. The Labute approximate surface area is 84.4 Å². The Hall–Kier alpha value is -1.32. The van der Waals surface area contributed by atoms with Crippen LogP contribution in [-0.2, 0) is 0 Å². The molecular weight excluding hydrogens is 176 g/mol. The Morgan fingerprint density at radius 2 is 2.43 bits per heavy atom. The molecule has 76 valence electrons. The van der Waals surface area contributed by atoms with Crippen LogP contribution in [0.2, 0.25) is 0 Å². The van der Waals surface area contributed by atoms with E-state index in [1.54, 1.807) is 6.20 Å². The second-order valence-electron chi connectivity index (χ2n) is 3.83. The Morgan fingerprint density at radius 1 is 1.57 bits per heavy atom.